The van der Waals surface area contributed by atoms with Crippen LogP contribution in [0.3, 0.4) is 0 Å². The first-order chi connectivity index (χ1) is 14.6. The van der Waals surface area contributed by atoms with Gasteiger partial charge in [-0.1, -0.05) is 22.0 Å². The standard InChI is InChI=1S/C25H38BrN3O2/c1-18-17-28(25(5)10-12-27(13-11-25)23(30)31-24(2,3)4)14-15-29(18)22-9-6-19-16-20(26)7-8-21(19)22/h7-8,16,18,22H,6,9-15,17H2,1-5H3. The minimum Gasteiger partial charge on any atom is -0.444 e. The fourth-order valence-corrected chi connectivity index (χ4v) is 6.06. The zero-order valence-electron chi connectivity index (χ0n) is 19.8. The Balaban J connectivity index is 1.35. The van der Waals surface area contributed by atoms with Crippen molar-refractivity contribution in [2.45, 2.75) is 83.5 Å². The Bertz CT molecular complexity index is 813. The number of hydrogen-bond acceptors (Lipinski definition) is 4. The van der Waals surface area contributed by atoms with Crippen LogP contribution >= 0.6 is 15.9 Å². The summed E-state index contributed by atoms with van der Waals surface area (Å²) >= 11 is 3.63. The molecule has 172 valence electrons. The monoisotopic (exact) mass is 491 g/mol. The molecule has 0 saturated carbocycles. The molecule has 2 aliphatic heterocycles. The van der Waals surface area contributed by atoms with Crippen LogP contribution in [0.25, 0.3) is 0 Å². The van der Waals surface area contributed by atoms with Gasteiger partial charge in [0.25, 0.3) is 0 Å². The summed E-state index contributed by atoms with van der Waals surface area (Å²) in [7, 11) is 0. The molecule has 0 N–H and O–H groups in total. The fraction of sp³-hybridized carbons (Fsp3) is 0.720. The van der Waals surface area contributed by atoms with E-state index < -0.39 is 5.60 Å². The number of amides is 1. The second-order valence-electron chi connectivity index (χ2n) is 10.9. The van der Waals surface area contributed by atoms with Crippen molar-refractivity contribution >= 4 is 22.0 Å². The number of aryl methyl sites for hydroxylation is 1. The molecule has 1 aromatic rings. The normalized spacial score (nSPS) is 27.2. The molecule has 4 rings (SSSR count). The van der Waals surface area contributed by atoms with Gasteiger partial charge < -0.3 is 9.64 Å². The Morgan fingerprint density at radius 2 is 1.87 bits per heavy atom. The number of benzene rings is 1. The minimum absolute atomic E-state index is 0.164. The van der Waals surface area contributed by atoms with E-state index in [1.165, 1.54) is 28.4 Å². The number of carbonyl (C=O) groups excluding carboxylic acids is 1. The highest BCUT2D eigenvalue weighted by atomic mass is 79.9. The van der Waals surface area contributed by atoms with Gasteiger partial charge in [-0.15, -0.1) is 0 Å². The van der Waals surface area contributed by atoms with Crippen LogP contribution in [0.2, 0.25) is 0 Å². The van der Waals surface area contributed by atoms with Crippen molar-refractivity contribution in [3.05, 3.63) is 33.8 Å². The molecule has 0 radical (unpaired) electrons. The van der Waals surface area contributed by atoms with Crippen molar-refractivity contribution in [3.8, 4) is 0 Å². The maximum absolute atomic E-state index is 12.4. The molecule has 2 heterocycles. The molecule has 3 aliphatic rings. The summed E-state index contributed by atoms with van der Waals surface area (Å²) in [5.41, 5.74) is 2.77. The number of likely N-dealkylation sites (tertiary alicyclic amines) is 1. The Labute approximate surface area is 196 Å². The highest BCUT2D eigenvalue weighted by molar-refractivity contribution is 9.10. The molecule has 5 nitrogen and oxygen atoms in total. The first kappa shape index (κ1) is 23.1. The summed E-state index contributed by atoms with van der Waals surface area (Å²) in [6, 6.07) is 7.91. The third-order valence-corrected chi connectivity index (χ3v) is 7.98. The lowest BCUT2D eigenvalue weighted by atomic mass is 9.86. The molecular weight excluding hydrogens is 454 g/mol. The molecule has 2 unspecified atom stereocenters. The summed E-state index contributed by atoms with van der Waals surface area (Å²) in [4.78, 5) is 19.8. The van der Waals surface area contributed by atoms with Crippen LogP contribution in [0.1, 0.15) is 71.0 Å². The molecule has 2 atom stereocenters. The fourth-order valence-electron chi connectivity index (χ4n) is 5.65. The Morgan fingerprint density at radius 3 is 2.52 bits per heavy atom. The van der Waals surface area contributed by atoms with Crippen LogP contribution in [0, 0.1) is 0 Å². The predicted molar refractivity (Wildman–Crippen MR) is 128 cm³/mol. The molecule has 31 heavy (non-hydrogen) atoms. The maximum atomic E-state index is 12.4. The van der Waals surface area contributed by atoms with E-state index in [0.717, 1.165) is 45.6 Å². The number of carbonyl (C=O) groups is 1. The number of halogens is 1. The third kappa shape index (κ3) is 4.96. The van der Waals surface area contributed by atoms with Gasteiger partial charge in [0.15, 0.2) is 0 Å². The van der Waals surface area contributed by atoms with Crippen molar-refractivity contribution in [2.75, 3.05) is 32.7 Å². The van der Waals surface area contributed by atoms with E-state index in [4.69, 9.17) is 4.74 Å². The van der Waals surface area contributed by atoms with Gasteiger partial charge in [-0.05, 0) is 83.6 Å². The summed E-state index contributed by atoms with van der Waals surface area (Å²) in [6.07, 6.45) is 4.28. The second kappa shape index (κ2) is 8.68. The van der Waals surface area contributed by atoms with Crippen LogP contribution < -0.4 is 0 Å². The second-order valence-corrected chi connectivity index (χ2v) is 11.8. The molecule has 2 fully saturated rings. The first-order valence-corrected chi connectivity index (χ1v) is 12.6. The molecule has 0 bridgehead atoms. The number of nitrogens with zero attached hydrogens (tertiary/aromatic N) is 3. The van der Waals surface area contributed by atoms with Gasteiger partial charge in [0.1, 0.15) is 5.60 Å². The van der Waals surface area contributed by atoms with Gasteiger partial charge in [-0.2, -0.15) is 0 Å². The maximum Gasteiger partial charge on any atom is 0.410 e. The van der Waals surface area contributed by atoms with Gasteiger partial charge >= 0.3 is 6.09 Å². The molecular formula is C25H38BrN3O2. The van der Waals surface area contributed by atoms with Crippen molar-refractivity contribution in [1.29, 1.82) is 0 Å². The molecule has 1 amide bonds. The van der Waals surface area contributed by atoms with Gasteiger partial charge in [0.05, 0.1) is 0 Å². The van der Waals surface area contributed by atoms with Crippen LogP contribution in [0.15, 0.2) is 22.7 Å². The van der Waals surface area contributed by atoms with Gasteiger partial charge in [-0.3, -0.25) is 9.80 Å². The molecule has 0 spiro atoms. The van der Waals surface area contributed by atoms with Gasteiger partial charge in [0.2, 0.25) is 0 Å². The lowest BCUT2D eigenvalue weighted by Gasteiger charge is -2.52. The average Bonchev–Trinajstić information content (AvgIpc) is 3.09. The van der Waals surface area contributed by atoms with Crippen LogP contribution in [-0.2, 0) is 11.2 Å². The van der Waals surface area contributed by atoms with E-state index in [-0.39, 0.29) is 11.6 Å². The van der Waals surface area contributed by atoms with E-state index >= 15 is 0 Å². The highest BCUT2D eigenvalue weighted by Gasteiger charge is 2.42. The van der Waals surface area contributed by atoms with Gasteiger partial charge in [0, 0.05) is 54.8 Å². The van der Waals surface area contributed by atoms with Crippen molar-refractivity contribution < 1.29 is 9.53 Å². The first-order valence-electron chi connectivity index (χ1n) is 11.8. The van der Waals surface area contributed by atoms with E-state index in [1.54, 1.807) is 0 Å². The SMILES string of the molecule is CC1CN(C2(C)CCN(C(=O)OC(C)(C)C)CC2)CCN1C1CCc2cc(Br)ccc21. The van der Waals surface area contributed by atoms with E-state index in [2.05, 4.69) is 57.8 Å². The summed E-state index contributed by atoms with van der Waals surface area (Å²) in [5.74, 6) is 0. The molecule has 1 aromatic carbocycles. The Kier molecular flexibility index (Phi) is 6.46. The predicted octanol–water partition coefficient (Wildman–Crippen LogP) is 5.23. The largest absolute Gasteiger partial charge is 0.444 e. The van der Waals surface area contributed by atoms with Gasteiger partial charge in [-0.25, -0.2) is 4.79 Å². The number of rotatable bonds is 2. The third-order valence-electron chi connectivity index (χ3n) is 7.49. The van der Waals surface area contributed by atoms with E-state index in [0.29, 0.717) is 12.1 Å². The van der Waals surface area contributed by atoms with Crippen LogP contribution in [0.5, 0.6) is 0 Å². The van der Waals surface area contributed by atoms with Crippen molar-refractivity contribution in [2.24, 2.45) is 0 Å². The van der Waals surface area contributed by atoms with Crippen LogP contribution in [-0.4, -0.2) is 70.7 Å². The van der Waals surface area contributed by atoms with Crippen molar-refractivity contribution in [1.82, 2.24) is 14.7 Å². The lowest BCUT2D eigenvalue weighted by molar-refractivity contribution is -0.0373. The molecule has 6 heteroatoms. The minimum atomic E-state index is -0.432. The number of hydrogen-bond donors (Lipinski definition) is 0. The quantitative estimate of drug-likeness (QED) is 0.567. The number of piperazine rings is 1. The lowest BCUT2D eigenvalue weighted by Crippen LogP contribution is -2.62. The number of ether oxygens (including phenoxy) is 1. The molecule has 1 aliphatic carbocycles. The smallest absolute Gasteiger partial charge is 0.410 e. The zero-order chi connectivity index (χ0) is 22.4. The van der Waals surface area contributed by atoms with Crippen LogP contribution in [0.4, 0.5) is 4.79 Å². The summed E-state index contributed by atoms with van der Waals surface area (Å²) < 4.78 is 6.77. The Hall–Kier alpha value is -1.11. The zero-order valence-corrected chi connectivity index (χ0v) is 21.4. The topological polar surface area (TPSA) is 36.0 Å². The van der Waals surface area contributed by atoms with E-state index in [1.807, 2.05) is 25.7 Å². The van der Waals surface area contributed by atoms with Crippen molar-refractivity contribution in [3.63, 3.8) is 0 Å². The molecule has 2 saturated heterocycles. The molecule has 0 aromatic heterocycles. The summed E-state index contributed by atoms with van der Waals surface area (Å²) in [5, 5.41) is 0. The van der Waals surface area contributed by atoms with E-state index in [9.17, 15) is 4.79 Å². The number of fused-ring (bicyclic) bond motifs is 1. The number of piperidine rings is 1. The summed E-state index contributed by atoms with van der Waals surface area (Å²) in [6.45, 7) is 15.5. The average molecular weight is 493 g/mol. The highest BCUT2D eigenvalue weighted by Crippen LogP contribution is 2.40. The Morgan fingerprint density at radius 1 is 1.16 bits per heavy atom.